The molecule has 0 amide bonds. The van der Waals surface area contributed by atoms with Crippen molar-refractivity contribution in [1.82, 2.24) is 0 Å². The number of benzene rings is 2. The minimum atomic E-state index is -4.31. The van der Waals surface area contributed by atoms with Crippen LogP contribution in [-0.4, -0.2) is 0 Å². The molecule has 1 fully saturated rings. The molecule has 0 radical (unpaired) electrons. The molecule has 2 aromatic carbocycles. The fourth-order valence-electron chi connectivity index (χ4n) is 4.66. The maximum absolute atomic E-state index is 13.3. The van der Waals surface area contributed by atoms with Crippen LogP contribution in [0, 0.1) is 11.8 Å². The van der Waals surface area contributed by atoms with Crippen LogP contribution >= 0.6 is 0 Å². The van der Waals surface area contributed by atoms with Crippen molar-refractivity contribution in [2.75, 3.05) is 0 Å². The van der Waals surface area contributed by atoms with Crippen molar-refractivity contribution in [3.63, 3.8) is 0 Å². The average Bonchev–Trinajstić information content (AvgIpc) is 3.18. The summed E-state index contributed by atoms with van der Waals surface area (Å²) < 4.78 is 39.8. The Kier molecular flexibility index (Phi) is 5.75. The highest BCUT2D eigenvalue weighted by Crippen LogP contribution is 2.50. The van der Waals surface area contributed by atoms with Crippen LogP contribution in [0.2, 0.25) is 0 Å². The quantitative estimate of drug-likeness (QED) is 0.467. The zero-order valence-corrected chi connectivity index (χ0v) is 16.2. The second-order valence-electron chi connectivity index (χ2n) is 8.08. The first kappa shape index (κ1) is 19.8. The van der Waals surface area contributed by atoms with E-state index < -0.39 is 11.7 Å². The first-order valence-corrected chi connectivity index (χ1v) is 10.2. The van der Waals surface area contributed by atoms with Gasteiger partial charge >= 0.3 is 6.18 Å². The Morgan fingerprint density at radius 3 is 2.21 bits per heavy atom. The first-order valence-electron chi connectivity index (χ1n) is 10.2. The summed E-state index contributed by atoms with van der Waals surface area (Å²) >= 11 is 0. The molecule has 0 nitrogen and oxygen atoms in total. The van der Waals surface area contributed by atoms with Gasteiger partial charge in [0, 0.05) is 0 Å². The molecule has 0 aliphatic heterocycles. The van der Waals surface area contributed by atoms with Crippen LogP contribution in [0.1, 0.15) is 47.8 Å². The molecule has 0 bridgehead atoms. The van der Waals surface area contributed by atoms with Gasteiger partial charge in [-0.15, -0.1) is 0 Å². The summed E-state index contributed by atoms with van der Waals surface area (Å²) in [7, 11) is 0. The standard InChI is InChI=1S/C26H25F3/c27-26(28,29)23-13-7-12-22(18-23)25-17-20(15-14-19-8-3-1-4-9-19)16-24(25)21-10-5-2-6-11-21/h1-8,10-15,18-20,24-25H,9,16-17H2. The highest BCUT2D eigenvalue weighted by molar-refractivity contribution is 5.35. The van der Waals surface area contributed by atoms with Crippen molar-refractivity contribution < 1.29 is 13.2 Å². The molecule has 3 heteroatoms. The van der Waals surface area contributed by atoms with Crippen LogP contribution in [0.4, 0.5) is 13.2 Å². The predicted octanol–water partition coefficient (Wildman–Crippen LogP) is 7.67. The average molecular weight is 394 g/mol. The van der Waals surface area contributed by atoms with E-state index >= 15 is 0 Å². The summed E-state index contributed by atoms with van der Waals surface area (Å²) in [6, 6.07) is 16.1. The Hall–Kier alpha value is -2.55. The van der Waals surface area contributed by atoms with E-state index in [1.54, 1.807) is 6.07 Å². The van der Waals surface area contributed by atoms with Gasteiger partial charge in [0.1, 0.15) is 0 Å². The molecule has 0 aromatic heterocycles. The van der Waals surface area contributed by atoms with Gasteiger partial charge in [0.05, 0.1) is 5.56 Å². The minimum Gasteiger partial charge on any atom is -0.166 e. The topological polar surface area (TPSA) is 0 Å². The van der Waals surface area contributed by atoms with Gasteiger partial charge in [-0.1, -0.05) is 85.0 Å². The van der Waals surface area contributed by atoms with Crippen molar-refractivity contribution in [2.24, 2.45) is 11.8 Å². The zero-order valence-electron chi connectivity index (χ0n) is 16.2. The third-order valence-electron chi connectivity index (χ3n) is 6.11. The molecular weight excluding hydrogens is 369 g/mol. The molecule has 4 atom stereocenters. The van der Waals surface area contributed by atoms with E-state index in [2.05, 4.69) is 48.6 Å². The van der Waals surface area contributed by atoms with E-state index in [9.17, 15) is 13.2 Å². The van der Waals surface area contributed by atoms with Gasteiger partial charge in [-0.05, 0) is 60.1 Å². The molecule has 29 heavy (non-hydrogen) atoms. The van der Waals surface area contributed by atoms with E-state index in [0.717, 1.165) is 30.9 Å². The first-order chi connectivity index (χ1) is 14.0. The number of alkyl halides is 3. The lowest BCUT2D eigenvalue weighted by Gasteiger charge is -2.21. The number of allylic oxidation sites excluding steroid dienone is 6. The minimum absolute atomic E-state index is 0.0937. The molecule has 150 valence electrons. The third-order valence-corrected chi connectivity index (χ3v) is 6.11. The van der Waals surface area contributed by atoms with Gasteiger partial charge in [-0.2, -0.15) is 13.2 Å². The van der Waals surface area contributed by atoms with Crippen LogP contribution in [0.25, 0.3) is 0 Å². The molecule has 2 aromatic rings. The summed E-state index contributed by atoms with van der Waals surface area (Å²) in [6.45, 7) is 0. The van der Waals surface area contributed by atoms with Crippen LogP contribution in [0.15, 0.2) is 91.1 Å². The van der Waals surface area contributed by atoms with Crippen molar-refractivity contribution in [3.05, 3.63) is 108 Å². The SMILES string of the molecule is FC(F)(F)c1cccc(C2CC(C=CC3C=CC=CC3)CC2c2ccccc2)c1. The molecule has 0 N–H and O–H groups in total. The van der Waals surface area contributed by atoms with Gasteiger partial charge in [-0.25, -0.2) is 0 Å². The van der Waals surface area contributed by atoms with Crippen LogP contribution in [0.3, 0.4) is 0 Å². The van der Waals surface area contributed by atoms with Crippen LogP contribution in [0.5, 0.6) is 0 Å². The number of halogens is 3. The maximum atomic E-state index is 13.3. The Balaban J connectivity index is 1.60. The number of rotatable bonds is 4. The lowest BCUT2D eigenvalue weighted by Crippen LogP contribution is -2.09. The zero-order chi connectivity index (χ0) is 20.3. The van der Waals surface area contributed by atoms with Gasteiger partial charge in [-0.3, -0.25) is 0 Å². The van der Waals surface area contributed by atoms with Gasteiger partial charge < -0.3 is 0 Å². The fourth-order valence-corrected chi connectivity index (χ4v) is 4.66. The lowest BCUT2D eigenvalue weighted by atomic mass is 9.83. The molecule has 1 saturated carbocycles. The van der Waals surface area contributed by atoms with Crippen LogP contribution in [-0.2, 0) is 6.18 Å². The number of hydrogen-bond donors (Lipinski definition) is 0. The molecule has 0 saturated heterocycles. The Morgan fingerprint density at radius 1 is 0.793 bits per heavy atom. The van der Waals surface area contributed by atoms with E-state index in [-0.39, 0.29) is 11.8 Å². The summed E-state index contributed by atoms with van der Waals surface area (Å²) in [5.41, 5.74) is 1.45. The molecule has 4 unspecified atom stereocenters. The maximum Gasteiger partial charge on any atom is 0.416 e. The second kappa shape index (κ2) is 8.44. The van der Waals surface area contributed by atoms with Crippen molar-refractivity contribution >= 4 is 0 Å². The Bertz CT molecular complexity index is 905. The van der Waals surface area contributed by atoms with Crippen LogP contribution < -0.4 is 0 Å². The van der Waals surface area contributed by atoms with E-state index in [1.807, 2.05) is 24.3 Å². The molecule has 4 rings (SSSR count). The molecule has 0 spiro atoms. The van der Waals surface area contributed by atoms with Gasteiger partial charge in [0.15, 0.2) is 0 Å². The number of hydrogen-bond acceptors (Lipinski definition) is 0. The smallest absolute Gasteiger partial charge is 0.166 e. The summed E-state index contributed by atoms with van der Waals surface area (Å²) in [5, 5.41) is 0. The fraction of sp³-hybridized carbons (Fsp3) is 0.308. The highest BCUT2D eigenvalue weighted by atomic mass is 19.4. The van der Waals surface area contributed by atoms with E-state index in [0.29, 0.717) is 11.8 Å². The van der Waals surface area contributed by atoms with E-state index in [1.165, 1.54) is 11.6 Å². The summed E-state index contributed by atoms with van der Waals surface area (Å²) in [6.07, 6.45) is 11.6. The monoisotopic (exact) mass is 394 g/mol. The molecule has 0 heterocycles. The highest BCUT2D eigenvalue weighted by Gasteiger charge is 2.37. The van der Waals surface area contributed by atoms with Gasteiger partial charge in [0.2, 0.25) is 0 Å². The van der Waals surface area contributed by atoms with E-state index in [4.69, 9.17) is 0 Å². The summed E-state index contributed by atoms with van der Waals surface area (Å²) in [4.78, 5) is 0. The molecule has 2 aliphatic carbocycles. The Labute approximate surface area is 170 Å². The summed E-state index contributed by atoms with van der Waals surface area (Å²) in [5.74, 6) is 1.12. The van der Waals surface area contributed by atoms with Crippen molar-refractivity contribution in [3.8, 4) is 0 Å². The third kappa shape index (κ3) is 4.72. The van der Waals surface area contributed by atoms with Gasteiger partial charge in [0.25, 0.3) is 0 Å². The lowest BCUT2D eigenvalue weighted by molar-refractivity contribution is -0.137. The molecular formula is C26H25F3. The second-order valence-corrected chi connectivity index (χ2v) is 8.08. The van der Waals surface area contributed by atoms with Crippen molar-refractivity contribution in [2.45, 2.75) is 37.3 Å². The normalized spacial score (nSPS) is 27.0. The molecule has 2 aliphatic rings. The van der Waals surface area contributed by atoms with Crippen molar-refractivity contribution in [1.29, 1.82) is 0 Å². The largest absolute Gasteiger partial charge is 0.416 e. The predicted molar refractivity (Wildman–Crippen MR) is 112 cm³/mol. The Morgan fingerprint density at radius 2 is 1.52 bits per heavy atom.